The van der Waals surface area contributed by atoms with Gasteiger partial charge < -0.3 is 5.11 Å². The van der Waals surface area contributed by atoms with Crippen LogP contribution in [0.25, 0.3) is 0 Å². The third-order valence-corrected chi connectivity index (χ3v) is 3.39. The zero-order valence-corrected chi connectivity index (χ0v) is 9.89. The summed E-state index contributed by atoms with van der Waals surface area (Å²) in [4.78, 5) is 6.77. The standard InChI is InChI=1S/C13H20N2O/c1-2-12-5-3-4-8-15(12)10-11-6-7-13(16)9-14-11/h6-7,9,12,16H,2-5,8,10H2,1H3. The summed E-state index contributed by atoms with van der Waals surface area (Å²) in [5, 5.41) is 9.18. The van der Waals surface area contributed by atoms with Crippen LogP contribution in [0, 0.1) is 0 Å². The lowest BCUT2D eigenvalue weighted by Gasteiger charge is -2.34. The molecular weight excluding hydrogens is 200 g/mol. The predicted molar refractivity (Wildman–Crippen MR) is 64.2 cm³/mol. The van der Waals surface area contributed by atoms with Gasteiger partial charge in [-0.1, -0.05) is 13.3 Å². The van der Waals surface area contributed by atoms with E-state index in [0.717, 1.165) is 12.2 Å². The van der Waals surface area contributed by atoms with Gasteiger partial charge in [0.15, 0.2) is 0 Å². The first-order chi connectivity index (χ1) is 7.79. The van der Waals surface area contributed by atoms with Gasteiger partial charge in [0.05, 0.1) is 11.9 Å². The third kappa shape index (κ3) is 2.73. The van der Waals surface area contributed by atoms with Crippen LogP contribution in [-0.2, 0) is 6.54 Å². The second-order valence-corrected chi connectivity index (χ2v) is 4.54. The van der Waals surface area contributed by atoms with Crippen molar-refractivity contribution in [2.75, 3.05) is 6.54 Å². The van der Waals surface area contributed by atoms with E-state index in [1.807, 2.05) is 6.07 Å². The Morgan fingerprint density at radius 3 is 3.00 bits per heavy atom. The Hall–Kier alpha value is -1.09. The molecule has 1 aliphatic heterocycles. The van der Waals surface area contributed by atoms with Crippen molar-refractivity contribution >= 4 is 0 Å². The molecule has 3 heteroatoms. The number of aromatic hydroxyl groups is 1. The number of piperidine rings is 1. The van der Waals surface area contributed by atoms with Gasteiger partial charge in [0.1, 0.15) is 5.75 Å². The first kappa shape index (κ1) is 11.4. The van der Waals surface area contributed by atoms with Crippen molar-refractivity contribution in [3.8, 4) is 5.75 Å². The lowest BCUT2D eigenvalue weighted by atomic mass is 10.00. The summed E-state index contributed by atoms with van der Waals surface area (Å²) >= 11 is 0. The van der Waals surface area contributed by atoms with E-state index in [-0.39, 0.29) is 5.75 Å². The third-order valence-electron chi connectivity index (χ3n) is 3.39. The van der Waals surface area contributed by atoms with Crippen molar-refractivity contribution in [3.63, 3.8) is 0 Å². The summed E-state index contributed by atoms with van der Waals surface area (Å²) < 4.78 is 0. The van der Waals surface area contributed by atoms with Crippen LogP contribution in [0.3, 0.4) is 0 Å². The molecule has 1 fully saturated rings. The van der Waals surface area contributed by atoms with E-state index in [0.29, 0.717) is 6.04 Å². The van der Waals surface area contributed by atoms with Crippen LogP contribution in [0.5, 0.6) is 5.75 Å². The number of aromatic nitrogens is 1. The fraction of sp³-hybridized carbons (Fsp3) is 0.615. The lowest BCUT2D eigenvalue weighted by molar-refractivity contribution is 0.134. The molecule has 1 aliphatic rings. The van der Waals surface area contributed by atoms with Gasteiger partial charge in [-0.2, -0.15) is 0 Å². The largest absolute Gasteiger partial charge is 0.506 e. The van der Waals surface area contributed by atoms with Gasteiger partial charge in [-0.15, -0.1) is 0 Å². The highest BCUT2D eigenvalue weighted by Gasteiger charge is 2.20. The molecule has 0 aliphatic carbocycles. The molecule has 1 aromatic heterocycles. The fourth-order valence-corrected chi connectivity index (χ4v) is 2.45. The molecule has 88 valence electrons. The van der Waals surface area contributed by atoms with Gasteiger partial charge in [0.2, 0.25) is 0 Å². The lowest BCUT2D eigenvalue weighted by Crippen LogP contribution is -2.38. The maximum Gasteiger partial charge on any atom is 0.133 e. The summed E-state index contributed by atoms with van der Waals surface area (Å²) in [5.41, 5.74) is 1.05. The van der Waals surface area contributed by atoms with Crippen molar-refractivity contribution in [1.82, 2.24) is 9.88 Å². The number of hydrogen-bond donors (Lipinski definition) is 1. The Kier molecular flexibility index (Phi) is 3.78. The zero-order chi connectivity index (χ0) is 11.4. The van der Waals surface area contributed by atoms with Gasteiger partial charge in [0, 0.05) is 12.6 Å². The predicted octanol–water partition coefficient (Wildman–Crippen LogP) is 2.55. The van der Waals surface area contributed by atoms with Crippen LogP contribution >= 0.6 is 0 Å². The molecule has 1 saturated heterocycles. The van der Waals surface area contributed by atoms with Crippen LogP contribution in [0.4, 0.5) is 0 Å². The Morgan fingerprint density at radius 2 is 2.31 bits per heavy atom. The molecule has 2 rings (SSSR count). The van der Waals surface area contributed by atoms with Crippen molar-refractivity contribution in [1.29, 1.82) is 0 Å². The topological polar surface area (TPSA) is 36.4 Å². The smallest absolute Gasteiger partial charge is 0.133 e. The number of pyridine rings is 1. The summed E-state index contributed by atoms with van der Waals surface area (Å²) in [5.74, 6) is 0.245. The molecular formula is C13H20N2O. The molecule has 2 heterocycles. The van der Waals surface area contributed by atoms with Gasteiger partial charge in [0.25, 0.3) is 0 Å². The minimum absolute atomic E-state index is 0.245. The molecule has 1 atom stereocenters. The van der Waals surface area contributed by atoms with Crippen molar-refractivity contribution in [2.45, 2.75) is 45.2 Å². The number of likely N-dealkylation sites (tertiary alicyclic amines) is 1. The maximum atomic E-state index is 9.18. The van der Waals surface area contributed by atoms with Crippen LogP contribution in [0.1, 0.15) is 38.3 Å². The highest BCUT2D eigenvalue weighted by atomic mass is 16.3. The average Bonchev–Trinajstić information content (AvgIpc) is 2.33. The quantitative estimate of drug-likeness (QED) is 0.850. The monoisotopic (exact) mass is 220 g/mol. The molecule has 1 N–H and O–H groups in total. The van der Waals surface area contributed by atoms with E-state index in [1.165, 1.54) is 38.4 Å². The molecule has 0 radical (unpaired) electrons. The first-order valence-corrected chi connectivity index (χ1v) is 6.17. The number of rotatable bonds is 3. The van der Waals surface area contributed by atoms with Gasteiger partial charge in [-0.05, 0) is 37.9 Å². The number of hydrogen-bond acceptors (Lipinski definition) is 3. The zero-order valence-electron chi connectivity index (χ0n) is 9.89. The fourth-order valence-electron chi connectivity index (χ4n) is 2.45. The van der Waals surface area contributed by atoms with E-state index in [4.69, 9.17) is 0 Å². The minimum Gasteiger partial charge on any atom is -0.506 e. The van der Waals surface area contributed by atoms with E-state index in [2.05, 4.69) is 16.8 Å². The summed E-state index contributed by atoms with van der Waals surface area (Å²) in [6.45, 7) is 4.35. The highest BCUT2D eigenvalue weighted by Crippen LogP contribution is 2.21. The Bertz CT molecular complexity index is 323. The molecule has 0 bridgehead atoms. The molecule has 1 unspecified atom stereocenters. The molecule has 0 amide bonds. The van der Waals surface area contributed by atoms with E-state index >= 15 is 0 Å². The summed E-state index contributed by atoms with van der Waals surface area (Å²) in [6.07, 6.45) is 6.72. The van der Waals surface area contributed by atoms with Crippen LogP contribution in [0.15, 0.2) is 18.3 Å². The van der Waals surface area contributed by atoms with E-state index < -0.39 is 0 Å². The second-order valence-electron chi connectivity index (χ2n) is 4.54. The van der Waals surface area contributed by atoms with Crippen LogP contribution in [0.2, 0.25) is 0 Å². The normalized spacial score (nSPS) is 22.2. The summed E-state index contributed by atoms with van der Waals surface area (Å²) in [6, 6.07) is 4.34. The van der Waals surface area contributed by atoms with E-state index in [9.17, 15) is 5.11 Å². The Labute approximate surface area is 97.1 Å². The minimum atomic E-state index is 0.245. The average molecular weight is 220 g/mol. The van der Waals surface area contributed by atoms with Crippen LogP contribution < -0.4 is 0 Å². The molecule has 0 saturated carbocycles. The molecule has 1 aromatic rings. The molecule has 16 heavy (non-hydrogen) atoms. The first-order valence-electron chi connectivity index (χ1n) is 6.17. The SMILES string of the molecule is CCC1CCCCN1Cc1ccc(O)cn1. The molecule has 0 spiro atoms. The maximum absolute atomic E-state index is 9.18. The van der Waals surface area contributed by atoms with Crippen molar-refractivity contribution in [3.05, 3.63) is 24.0 Å². The molecule has 3 nitrogen and oxygen atoms in total. The van der Waals surface area contributed by atoms with E-state index in [1.54, 1.807) is 6.07 Å². The summed E-state index contributed by atoms with van der Waals surface area (Å²) in [7, 11) is 0. The van der Waals surface area contributed by atoms with Gasteiger partial charge in [-0.3, -0.25) is 9.88 Å². The van der Waals surface area contributed by atoms with Crippen LogP contribution in [-0.4, -0.2) is 27.6 Å². The number of nitrogens with zero attached hydrogens (tertiary/aromatic N) is 2. The van der Waals surface area contributed by atoms with Gasteiger partial charge in [-0.25, -0.2) is 0 Å². The Morgan fingerprint density at radius 1 is 1.44 bits per heavy atom. The second kappa shape index (κ2) is 5.30. The van der Waals surface area contributed by atoms with Crippen molar-refractivity contribution < 1.29 is 5.11 Å². The highest BCUT2D eigenvalue weighted by molar-refractivity contribution is 5.17. The van der Waals surface area contributed by atoms with Crippen molar-refractivity contribution in [2.24, 2.45) is 0 Å². The molecule has 0 aromatic carbocycles. The van der Waals surface area contributed by atoms with Gasteiger partial charge >= 0.3 is 0 Å². The Balaban J connectivity index is 1.99.